The van der Waals surface area contributed by atoms with E-state index in [1.54, 1.807) is 37.3 Å². The van der Waals surface area contributed by atoms with Gasteiger partial charge in [-0.05, 0) is 38.8 Å². The van der Waals surface area contributed by atoms with Crippen molar-refractivity contribution in [1.29, 1.82) is 0 Å². The molecule has 0 bridgehead atoms. The molecule has 1 N–H and O–H groups in total. The minimum Gasteiger partial charge on any atom is -0.467 e. The van der Waals surface area contributed by atoms with Crippen LogP contribution in [-0.2, 0) is 23.7 Å². The molecule has 0 radical (unpaired) electrons. The molecule has 1 saturated heterocycles. The summed E-state index contributed by atoms with van der Waals surface area (Å²) in [4.78, 5) is 13.2. The van der Waals surface area contributed by atoms with E-state index in [0.29, 0.717) is 24.2 Å². The van der Waals surface area contributed by atoms with E-state index in [4.69, 9.17) is 33.2 Å². The van der Waals surface area contributed by atoms with Crippen LogP contribution in [0.3, 0.4) is 0 Å². The van der Waals surface area contributed by atoms with Gasteiger partial charge < -0.3 is 38.3 Å². The first-order valence-electron chi connectivity index (χ1n) is 11.2. The Hall–Kier alpha value is -2.43. The third-order valence-corrected chi connectivity index (χ3v) is 5.32. The molecule has 4 atom stereocenters. The van der Waals surface area contributed by atoms with Crippen molar-refractivity contribution in [2.45, 2.75) is 63.8 Å². The third-order valence-electron chi connectivity index (χ3n) is 5.32. The van der Waals surface area contributed by atoms with Gasteiger partial charge >= 0.3 is 5.97 Å². The second-order valence-corrected chi connectivity index (χ2v) is 8.63. The Labute approximate surface area is 200 Å². The van der Waals surface area contributed by atoms with E-state index in [2.05, 4.69) is 0 Å². The molecule has 2 aliphatic heterocycles. The van der Waals surface area contributed by atoms with Crippen molar-refractivity contribution in [2.24, 2.45) is 0 Å². The molecular weight excluding hydrogens is 444 g/mol. The molecule has 1 fully saturated rings. The summed E-state index contributed by atoms with van der Waals surface area (Å²) in [5.41, 5.74) is 0.797. The van der Waals surface area contributed by atoms with Gasteiger partial charge in [0.2, 0.25) is 0 Å². The number of fused-ring (bicyclic) bond motifs is 2. The molecule has 34 heavy (non-hydrogen) atoms. The lowest BCUT2D eigenvalue weighted by atomic mass is 10.0. The van der Waals surface area contributed by atoms with Crippen LogP contribution in [0.2, 0.25) is 0 Å². The second-order valence-electron chi connectivity index (χ2n) is 8.63. The van der Waals surface area contributed by atoms with Gasteiger partial charge in [0.15, 0.2) is 19.4 Å². The zero-order valence-corrected chi connectivity index (χ0v) is 20.3. The topological polar surface area (TPSA) is 102 Å². The highest BCUT2D eigenvalue weighted by atomic mass is 16.8. The summed E-state index contributed by atoms with van der Waals surface area (Å²) < 4.78 is 39.0. The van der Waals surface area contributed by atoms with Crippen molar-refractivity contribution in [3.8, 4) is 11.5 Å². The summed E-state index contributed by atoms with van der Waals surface area (Å²) in [6, 6.07) is 3.31. The van der Waals surface area contributed by atoms with Crippen molar-refractivity contribution in [2.75, 3.05) is 27.8 Å². The molecule has 188 valence electrons. The third kappa shape index (κ3) is 6.80. The SMILES string of the molecule is COCOc1cc2c(c(OCOC)c1)C(=O)O[C@@H](C)CC=CC(O)[C@H]1OC(C)(C)O[C@H]1CC=C2. The van der Waals surface area contributed by atoms with Gasteiger partial charge in [-0.15, -0.1) is 0 Å². The Morgan fingerprint density at radius 1 is 1.06 bits per heavy atom. The Kier molecular flexibility index (Phi) is 9.10. The highest BCUT2D eigenvalue weighted by Crippen LogP contribution is 2.34. The molecule has 0 aromatic heterocycles. The van der Waals surface area contributed by atoms with Crippen LogP contribution in [0.15, 0.2) is 30.4 Å². The van der Waals surface area contributed by atoms with E-state index in [1.165, 1.54) is 14.2 Å². The fourth-order valence-corrected chi connectivity index (χ4v) is 3.88. The van der Waals surface area contributed by atoms with Crippen molar-refractivity contribution < 1.29 is 43.1 Å². The minimum absolute atomic E-state index is 0.0297. The van der Waals surface area contributed by atoms with Crippen LogP contribution in [-0.4, -0.2) is 69.1 Å². The maximum atomic E-state index is 13.2. The maximum absolute atomic E-state index is 13.2. The van der Waals surface area contributed by atoms with Crippen LogP contribution in [0.4, 0.5) is 0 Å². The maximum Gasteiger partial charge on any atom is 0.342 e. The molecule has 0 amide bonds. The second kappa shape index (κ2) is 11.8. The molecule has 2 aliphatic rings. The molecule has 1 unspecified atom stereocenters. The number of aliphatic hydroxyl groups excluding tert-OH is 1. The average Bonchev–Trinajstić information content (AvgIpc) is 3.09. The highest BCUT2D eigenvalue weighted by Gasteiger charge is 2.43. The molecule has 0 aliphatic carbocycles. The van der Waals surface area contributed by atoms with Crippen LogP contribution < -0.4 is 9.47 Å². The monoisotopic (exact) mass is 478 g/mol. The zero-order valence-electron chi connectivity index (χ0n) is 20.3. The molecule has 3 rings (SSSR count). The largest absolute Gasteiger partial charge is 0.467 e. The fourth-order valence-electron chi connectivity index (χ4n) is 3.88. The Bertz CT molecular complexity index is 893. The van der Waals surface area contributed by atoms with E-state index >= 15 is 0 Å². The number of carbonyl (C=O) groups is 1. The molecule has 9 heteroatoms. The Morgan fingerprint density at radius 2 is 1.79 bits per heavy atom. The van der Waals surface area contributed by atoms with E-state index in [0.717, 1.165) is 0 Å². The van der Waals surface area contributed by atoms with Crippen molar-refractivity contribution in [3.05, 3.63) is 41.5 Å². The number of methoxy groups -OCH3 is 2. The van der Waals surface area contributed by atoms with Crippen LogP contribution >= 0.6 is 0 Å². The number of cyclic esters (lactones) is 1. The number of hydrogen-bond donors (Lipinski definition) is 1. The van der Waals surface area contributed by atoms with Gasteiger partial charge in [0, 0.05) is 26.7 Å². The highest BCUT2D eigenvalue weighted by molar-refractivity contribution is 5.97. The number of carbonyl (C=O) groups excluding carboxylic acids is 1. The number of esters is 1. The summed E-state index contributed by atoms with van der Waals surface area (Å²) in [7, 11) is 3.01. The van der Waals surface area contributed by atoms with Crippen LogP contribution in [0.25, 0.3) is 6.08 Å². The summed E-state index contributed by atoms with van der Waals surface area (Å²) >= 11 is 0. The lowest BCUT2D eigenvalue weighted by Crippen LogP contribution is -2.34. The number of rotatable bonds is 6. The lowest BCUT2D eigenvalue weighted by Gasteiger charge is -2.21. The smallest absolute Gasteiger partial charge is 0.342 e. The Balaban J connectivity index is 2.03. The predicted octanol–water partition coefficient (Wildman–Crippen LogP) is 3.44. The Morgan fingerprint density at radius 3 is 2.53 bits per heavy atom. The zero-order chi connectivity index (χ0) is 24.7. The van der Waals surface area contributed by atoms with Crippen molar-refractivity contribution >= 4 is 12.0 Å². The summed E-state index contributed by atoms with van der Waals surface area (Å²) in [5.74, 6) is -0.638. The fraction of sp³-hybridized carbons (Fsp3) is 0.560. The molecule has 2 heterocycles. The number of benzene rings is 1. The summed E-state index contributed by atoms with van der Waals surface area (Å²) in [6.07, 6.45) is 5.72. The molecule has 1 aromatic rings. The summed E-state index contributed by atoms with van der Waals surface area (Å²) in [6.45, 7) is 5.39. The van der Waals surface area contributed by atoms with Crippen LogP contribution in [0.5, 0.6) is 11.5 Å². The lowest BCUT2D eigenvalue weighted by molar-refractivity contribution is -0.152. The quantitative estimate of drug-likeness (QED) is 0.374. The van der Waals surface area contributed by atoms with E-state index in [1.807, 2.05) is 19.9 Å². The van der Waals surface area contributed by atoms with E-state index < -0.39 is 30.1 Å². The van der Waals surface area contributed by atoms with Crippen LogP contribution in [0.1, 0.15) is 49.5 Å². The normalized spacial score (nSPS) is 26.8. The standard InChI is InChI=1S/C25H34O9/c1-16-8-6-10-19(26)23-20(33-25(2,3)34-23)11-7-9-17-12-18(30-14-28-4)13-21(31-15-29-5)22(17)24(27)32-16/h6-7,9-10,12-13,16,19-20,23,26H,8,11,14-15H2,1-5H3/t16-,19?,20-,23+/m0/s1. The van der Waals surface area contributed by atoms with Gasteiger partial charge in [0.05, 0.1) is 6.10 Å². The number of ether oxygens (including phenoxy) is 7. The molecule has 1 aromatic carbocycles. The molecule has 0 saturated carbocycles. The first kappa shape index (κ1) is 26.2. The molecule has 9 nitrogen and oxygen atoms in total. The van der Waals surface area contributed by atoms with E-state index in [9.17, 15) is 9.90 Å². The van der Waals surface area contributed by atoms with Gasteiger partial charge in [-0.25, -0.2) is 4.79 Å². The first-order valence-corrected chi connectivity index (χ1v) is 11.2. The molecule has 0 spiro atoms. The molecular formula is C25H34O9. The number of aliphatic hydroxyl groups is 1. The predicted molar refractivity (Wildman–Crippen MR) is 124 cm³/mol. The van der Waals surface area contributed by atoms with Crippen LogP contribution in [0, 0.1) is 0 Å². The average molecular weight is 479 g/mol. The van der Waals surface area contributed by atoms with Gasteiger partial charge in [0.25, 0.3) is 0 Å². The van der Waals surface area contributed by atoms with Gasteiger partial charge in [-0.3, -0.25) is 0 Å². The van der Waals surface area contributed by atoms with Gasteiger partial charge in [0.1, 0.15) is 35.4 Å². The summed E-state index contributed by atoms with van der Waals surface area (Å²) in [5, 5.41) is 10.7. The van der Waals surface area contributed by atoms with Gasteiger partial charge in [-0.1, -0.05) is 24.3 Å². The number of hydrogen-bond acceptors (Lipinski definition) is 9. The van der Waals surface area contributed by atoms with E-state index in [-0.39, 0.29) is 31.0 Å². The van der Waals surface area contributed by atoms with Crippen molar-refractivity contribution in [3.63, 3.8) is 0 Å². The minimum atomic E-state index is -0.860. The van der Waals surface area contributed by atoms with Crippen molar-refractivity contribution in [1.82, 2.24) is 0 Å². The van der Waals surface area contributed by atoms with Gasteiger partial charge in [-0.2, -0.15) is 0 Å². The first-order chi connectivity index (χ1) is 16.2.